The molecule has 1 fully saturated rings. The molecule has 1 aliphatic carbocycles. The number of hydrogen-bond donors (Lipinski definition) is 1. The lowest BCUT2D eigenvalue weighted by atomic mass is 10.2. The molecule has 0 unspecified atom stereocenters. The minimum absolute atomic E-state index is 0.280. The van der Waals surface area contributed by atoms with E-state index in [0.29, 0.717) is 17.5 Å². The fraction of sp³-hybridized carbons (Fsp3) is 0.444. The third-order valence-corrected chi connectivity index (χ3v) is 5.73. The molecule has 0 bridgehead atoms. The van der Waals surface area contributed by atoms with Crippen LogP contribution in [0.1, 0.15) is 37.3 Å². The third kappa shape index (κ3) is 4.24. The zero-order chi connectivity index (χ0) is 18.7. The number of sulfonamides is 1. The highest BCUT2D eigenvalue weighted by Gasteiger charge is 2.23. The molecule has 0 aliphatic heterocycles. The summed E-state index contributed by atoms with van der Waals surface area (Å²) < 4.78 is 27.3. The van der Waals surface area contributed by atoms with E-state index in [-0.39, 0.29) is 6.54 Å². The minimum Gasteiger partial charge on any atom is -0.309 e. The number of rotatable bonds is 6. The van der Waals surface area contributed by atoms with Crippen LogP contribution in [0.4, 0.5) is 11.5 Å². The number of benzene rings is 1. The van der Waals surface area contributed by atoms with Gasteiger partial charge < -0.3 is 5.32 Å². The smallest absolute Gasteiger partial charge is 0.246 e. The number of aromatic nitrogens is 2. The van der Waals surface area contributed by atoms with Crippen LogP contribution in [0.15, 0.2) is 36.5 Å². The first-order valence-electron chi connectivity index (χ1n) is 8.72. The van der Waals surface area contributed by atoms with Crippen LogP contribution in [0, 0.1) is 6.92 Å². The molecule has 0 saturated heterocycles. The van der Waals surface area contributed by atoms with Gasteiger partial charge in [0.2, 0.25) is 15.9 Å². The molecule has 8 heteroatoms. The maximum Gasteiger partial charge on any atom is 0.246 e. The lowest BCUT2D eigenvalue weighted by Gasteiger charge is -2.22. The van der Waals surface area contributed by atoms with Gasteiger partial charge in [-0.2, -0.15) is 5.10 Å². The Morgan fingerprint density at radius 3 is 2.69 bits per heavy atom. The van der Waals surface area contributed by atoms with E-state index < -0.39 is 15.9 Å². The van der Waals surface area contributed by atoms with E-state index in [1.165, 1.54) is 0 Å². The van der Waals surface area contributed by atoms with Crippen molar-refractivity contribution in [2.75, 3.05) is 22.4 Å². The molecule has 3 rings (SSSR count). The Labute approximate surface area is 154 Å². The zero-order valence-electron chi connectivity index (χ0n) is 15.1. The van der Waals surface area contributed by atoms with Gasteiger partial charge in [-0.05, 0) is 37.5 Å². The van der Waals surface area contributed by atoms with E-state index in [1.54, 1.807) is 30.5 Å². The van der Waals surface area contributed by atoms with E-state index in [0.717, 1.165) is 41.8 Å². The Kier molecular flexibility index (Phi) is 5.31. The summed E-state index contributed by atoms with van der Waals surface area (Å²) in [5.74, 6) is 0.219. The molecule has 1 amide bonds. The Hall–Kier alpha value is -2.35. The van der Waals surface area contributed by atoms with E-state index in [4.69, 9.17) is 0 Å². The molecule has 0 radical (unpaired) electrons. The summed E-state index contributed by atoms with van der Waals surface area (Å²) in [5, 5.41) is 7.13. The van der Waals surface area contributed by atoms with E-state index in [2.05, 4.69) is 10.4 Å². The van der Waals surface area contributed by atoms with E-state index >= 15 is 0 Å². The van der Waals surface area contributed by atoms with Crippen molar-refractivity contribution in [3.05, 3.63) is 42.1 Å². The standard InChI is InChI=1S/C18H24N4O3S/c1-14-6-5-9-16(12-14)21(26(2,24)25)13-18(23)20-17-10-11-19-22(17)15-7-3-4-8-15/h5-6,9-12,15H,3-4,7-8,13H2,1-2H3,(H,20,23). The number of hydrogen-bond acceptors (Lipinski definition) is 4. The second-order valence-electron chi connectivity index (χ2n) is 6.76. The molecule has 1 aliphatic rings. The van der Waals surface area contributed by atoms with Crippen molar-refractivity contribution >= 4 is 27.4 Å². The van der Waals surface area contributed by atoms with Crippen molar-refractivity contribution < 1.29 is 13.2 Å². The largest absolute Gasteiger partial charge is 0.309 e. The number of nitrogens with one attached hydrogen (secondary N) is 1. The van der Waals surface area contributed by atoms with E-state index in [9.17, 15) is 13.2 Å². The molecular weight excluding hydrogens is 352 g/mol. The van der Waals surface area contributed by atoms with E-state index in [1.807, 2.05) is 17.7 Å². The quantitative estimate of drug-likeness (QED) is 0.840. The van der Waals surface area contributed by atoms with Gasteiger partial charge in [-0.1, -0.05) is 25.0 Å². The predicted molar refractivity (Wildman–Crippen MR) is 102 cm³/mol. The van der Waals surface area contributed by atoms with Gasteiger partial charge in [-0.15, -0.1) is 0 Å². The number of anilines is 2. The Morgan fingerprint density at radius 1 is 1.31 bits per heavy atom. The summed E-state index contributed by atoms with van der Waals surface area (Å²) in [6.45, 7) is 1.60. The van der Waals surface area contributed by atoms with Crippen LogP contribution >= 0.6 is 0 Å². The lowest BCUT2D eigenvalue weighted by molar-refractivity contribution is -0.114. The molecule has 2 aromatic rings. The van der Waals surface area contributed by atoms with Gasteiger partial charge >= 0.3 is 0 Å². The number of carbonyl (C=O) groups excluding carboxylic acids is 1. The Balaban J connectivity index is 1.76. The number of carbonyl (C=O) groups is 1. The lowest BCUT2D eigenvalue weighted by Crippen LogP contribution is -2.37. The van der Waals surface area contributed by atoms with Gasteiger partial charge in [0.25, 0.3) is 0 Å². The highest BCUT2D eigenvalue weighted by molar-refractivity contribution is 7.92. The van der Waals surface area contributed by atoms with Gasteiger partial charge in [0.05, 0.1) is 24.2 Å². The molecule has 0 spiro atoms. The number of aryl methyl sites for hydroxylation is 1. The minimum atomic E-state index is -3.58. The molecule has 1 N–H and O–H groups in total. The summed E-state index contributed by atoms with van der Waals surface area (Å²) in [5.41, 5.74) is 1.41. The van der Waals surface area contributed by atoms with Crippen molar-refractivity contribution in [1.82, 2.24) is 9.78 Å². The monoisotopic (exact) mass is 376 g/mol. The Bertz CT molecular complexity index is 885. The summed E-state index contributed by atoms with van der Waals surface area (Å²) >= 11 is 0. The normalized spacial score (nSPS) is 15.2. The van der Waals surface area contributed by atoms with Gasteiger partial charge in [-0.3, -0.25) is 9.10 Å². The summed E-state index contributed by atoms with van der Waals surface area (Å²) in [6, 6.07) is 9.12. The molecule has 7 nitrogen and oxygen atoms in total. The molecule has 26 heavy (non-hydrogen) atoms. The van der Waals surface area contributed by atoms with Crippen LogP contribution in [0.5, 0.6) is 0 Å². The zero-order valence-corrected chi connectivity index (χ0v) is 15.9. The van der Waals surface area contributed by atoms with Crippen molar-refractivity contribution in [3.63, 3.8) is 0 Å². The highest BCUT2D eigenvalue weighted by atomic mass is 32.2. The molecule has 1 aromatic heterocycles. The first-order chi connectivity index (χ1) is 12.3. The fourth-order valence-electron chi connectivity index (χ4n) is 3.35. The SMILES string of the molecule is Cc1cccc(N(CC(=O)Nc2ccnn2C2CCCC2)S(C)(=O)=O)c1. The van der Waals surface area contributed by atoms with Gasteiger partial charge in [-0.25, -0.2) is 13.1 Å². The molecule has 1 heterocycles. The van der Waals surface area contributed by atoms with Crippen molar-refractivity contribution in [2.45, 2.75) is 38.6 Å². The third-order valence-electron chi connectivity index (χ3n) is 4.59. The first-order valence-corrected chi connectivity index (χ1v) is 10.6. The summed E-state index contributed by atoms with van der Waals surface area (Å²) in [4.78, 5) is 12.5. The topological polar surface area (TPSA) is 84.3 Å². The average Bonchev–Trinajstić information content (AvgIpc) is 3.22. The summed E-state index contributed by atoms with van der Waals surface area (Å²) in [7, 11) is -3.58. The van der Waals surface area contributed by atoms with Crippen LogP contribution in [-0.2, 0) is 14.8 Å². The van der Waals surface area contributed by atoms with Crippen LogP contribution in [-0.4, -0.2) is 36.9 Å². The van der Waals surface area contributed by atoms with Gasteiger partial charge in [0.15, 0.2) is 0 Å². The molecule has 0 atom stereocenters. The fourth-order valence-corrected chi connectivity index (χ4v) is 4.20. The van der Waals surface area contributed by atoms with Crippen LogP contribution in [0.3, 0.4) is 0 Å². The Morgan fingerprint density at radius 2 is 2.04 bits per heavy atom. The molecule has 1 saturated carbocycles. The number of amides is 1. The van der Waals surface area contributed by atoms with Crippen LogP contribution in [0.25, 0.3) is 0 Å². The first kappa shape index (κ1) is 18.4. The summed E-state index contributed by atoms with van der Waals surface area (Å²) in [6.07, 6.45) is 7.17. The van der Waals surface area contributed by atoms with Gasteiger partial charge in [0.1, 0.15) is 12.4 Å². The maximum absolute atomic E-state index is 12.5. The second kappa shape index (κ2) is 7.49. The van der Waals surface area contributed by atoms with Crippen LogP contribution < -0.4 is 9.62 Å². The highest BCUT2D eigenvalue weighted by Crippen LogP contribution is 2.31. The molecule has 1 aromatic carbocycles. The molecular formula is C18H24N4O3S. The van der Waals surface area contributed by atoms with Crippen molar-refractivity contribution in [3.8, 4) is 0 Å². The van der Waals surface area contributed by atoms with Crippen molar-refractivity contribution in [1.29, 1.82) is 0 Å². The maximum atomic E-state index is 12.5. The van der Waals surface area contributed by atoms with Gasteiger partial charge in [0, 0.05) is 6.07 Å². The van der Waals surface area contributed by atoms with Crippen LogP contribution in [0.2, 0.25) is 0 Å². The molecule has 140 valence electrons. The van der Waals surface area contributed by atoms with Crippen molar-refractivity contribution in [2.24, 2.45) is 0 Å². The second-order valence-corrected chi connectivity index (χ2v) is 8.66. The predicted octanol–water partition coefficient (Wildman–Crippen LogP) is 2.71. The number of nitrogens with zero attached hydrogens (tertiary/aromatic N) is 3. The average molecular weight is 376 g/mol.